The molecule has 0 aromatic heterocycles. The number of amides is 1. The molecule has 1 aliphatic heterocycles. The molecule has 0 saturated carbocycles. The molecule has 6 nitrogen and oxygen atoms in total. The van der Waals surface area contributed by atoms with Crippen LogP contribution in [0.1, 0.15) is 19.8 Å². The Hall–Kier alpha value is -0.660. The van der Waals surface area contributed by atoms with Crippen LogP contribution in [0.25, 0.3) is 0 Å². The summed E-state index contributed by atoms with van der Waals surface area (Å²) in [6.45, 7) is 2.13. The van der Waals surface area contributed by atoms with Crippen LogP contribution in [0.3, 0.4) is 0 Å². The van der Waals surface area contributed by atoms with Crippen LogP contribution in [0, 0.1) is 0 Å². The highest BCUT2D eigenvalue weighted by Crippen LogP contribution is 2.21. The fourth-order valence-electron chi connectivity index (χ4n) is 2.06. The summed E-state index contributed by atoms with van der Waals surface area (Å²) in [5.41, 5.74) is 5.49. The van der Waals surface area contributed by atoms with Crippen LogP contribution in [0.2, 0.25) is 0 Å². The van der Waals surface area contributed by atoms with Gasteiger partial charge in [-0.2, -0.15) is 0 Å². The van der Waals surface area contributed by atoms with E-state index in [0.717, 1.165) is 6.42 Å². The molecule has 1 amide bonds. The lowest BCUT2D eigenvalue weighted by atomic mass is 10.1. The van der Waals surface area contributed by atoms with Crippen molar-refractivity contribution in [2.24, 2.45) is 5.73 Å². The molecule has 1 saturated heterocycles. The van der Waals surface area contributed by atoms with E-state index in [0.29, 0.717) is 13.0 Å². The summed E-state index contributed by atoms with van der Waals surface area (Å²) in [6.07, 6.45) is 2.05. The Labute approximate surface area is 108 Å². The lowest BCUT2D eigenvalue weighted by molar-refractivity contribution is -0.142. The molecule has 2 N–H and O–H groups in total. The fourth-order valence-corrected chi connectivity index (χ4v) is 3.15. The molecule has 0 bridgehead atoms. The normalized spacial score (nSPS) is 26.0. The average Bonchev–Trinajstić information content (AvgIpc) is 2.73. The van der Waals surface area contributed by atoms with Gasteiger partial charge in [0.05, 0.1) is 11.9 Å². The maximum atomic E-state index is 12.1. The molecule has 0 radical (unpaired) electrons. The molecule has 1 heterocycles. The second-order valence-corrected chi connectivity index (χ2v) is 7.14. The van der Waals surface area contributed by atoms with Gasteiger partial charge in [-0.05, 0) is 19.8 Å². The lowest BCUT2D eigenvalue weighted by Crippen LogP contribution is -2.44. The van der Waals surface area contributed by atoms with E-state index in [4.69, 9.17) is 10.5 Å². The smallest absolute Gasteiger partial charge is 0.251 e. The van der Waals surface area contributed by atoms with Crippen molar-refractivity contribution in [2.45, 2.75) is 38.0 Å². The molecule has 7 heteroatoms. The topological polar surface area (TPSA) is 89.7 Å². The molecule has 1 rings (SSSR count). The molecule has 106 valence electrons. The van der Waals surface area contributed by atoms with Gasteiger partial charge in [-0.3, -0.25) is 4.79 Å². The van der Waals surface area contributed by atoms with E-state index >= 15 is 0 Å². The van der Waals surface area contributed by atoms with Crippen LogP contribution in [-0.4, -0.2) is 63.1 Å². The summed E-state index contributed by atoms with van der Waals surface area (Å²) in [5, 5.41) is 0. The van der Waals surface area contributed by atoms with Crippen LogP contribution < -0.4 is 5.73 Å². The van der Waals surface area contributed by atoms with E-state index in [1.807, 2.05) is 0 Å². The van der Waals surface area contributed by atoms with E-state index < -0.39 is 15.9 Å². The summed E-state index contributed by atoms with van der Waals surface area (Å²) in [5.74, 6) is -0.204. The molecule has 1 aliphatic rings. The maximum Gasteiger partial charge on any atom is 0.251 e. The largest absolute Gasteiger partial charge is 0.364 e. The number of nitrogens with two attached hydrogens (primary N) is 1. The zero-order valence-electron chi connectivity index (χ0n) is 11.1. The predicted octanol–water partition coefficient (Wildman–Crippen LogP) is -0.616. The Morgan fingerprint density at radius 1 is 1.50 bits per heavy atom. The first-order valence-electron chi connectivity index (χ1n) is 6.04. The van der Waals surface area contributed by atoms with Crippen LogP contribution in [-0.2, 0) is 19.4 Å². The summed E-state index contributed by atoms with van der Waals surface area (Å²) >= 11 is 0. The standard InChI is InChI=1S/C11H22N2O4S/c1-8(7-18(3,15)16)13(2)11(14)10-5-4-9(6-12)17-10/h8-10H,4-7,12H2,1-3H3/t8?,9-,10+/m1/s1. The third-order valence-corrected chi connectivity index (χ3v) is 4.29. The van der Waals surface area contributed by atoms with Gasteiger partial charge < -0.3 is 15.4 Å². The molecular weight excluding hydrogens is 256 g/mol. The first kappa shape index (κ1) is 15.4. The van der Waals surface area contributed by atoms with Gasteiger partial charge in [-0.15, -0.1) is 0 Å². The first-order valence-corrected chi connectivity index (χ1v) is 8.10. The third-order valence-electron chi connectivity index (χ3n) is 3.20. The van der Waals surface area contributed by atoms with Crippen molar-refractivity contribution in [3.05, 3.63) is 0 Å². The molecule has 0 aromatic carbocycles. The zero-order chi connectivity index (χ0) is 13.9. The highest BCUT2D eigenvalue weighted by atomic mass is 32.2. The molecule has 0 spiro atoms. The van der Waals surface area contributed by atoms with Gasteiger partial charge in [0.25, 0.3) is 5.91 Å². The Morgan fingerprint density at radius 2 is 2.11 bits per heavy atom. The third kappa shape index (κ3) is 4.22. The molecule has 0 aromatic rings. The maximum absolute atomic E-state index is 12.1. The number of rotatable bonds is 5. The van der Waals surface area contributed by atoms with Gasteiger partial charge in [0.1, 0.15) is 15.9 Å². The number of ether oxygens (including phenoxy) is 1. The minimum absolute atomic E-state index is 0.0394. The highest BCUT2D eigenvalue weighted by molar-refractivity contribution is 7.90. The number of sulfone groups is 1. The summed E-state index contributed by atoms with van der Waals surface area (Å²) in [7, 11) is -1.49. The molecular formula is C11H22N2O4S. The number of carbonyl (C=O) groups excluding carboxylic acids is 1. The van der Waals surface area contributed by atoms with Gasteiger partial charge in [0.2, 0.25) is 0 Å². The van der Waals surface area contributed by atoms with E-state index in [-0.39, 0.29) is 23.8 Å². The fraction of sp³-hybridized carbons (Fsp3) is 0.909. The van der Waals surface area contributed by atoms with E-state index in [1.165, 1.54) is 11.2 Å². The zero-order valence-corrected chi connectivity index (χ0v) is 11.9. The van der Waals surface area contributed by atoms with Gasteiger partial charge >= 0.3 is 0 Å². The van der Waals surface area contributed by atoms with E-state index in [1.54, 1.807) is 14.0 Å². The van der Waals surface area contributed by atoms with Crippen LogP contribution in [0.4, 0.5) is 0 Å². The van der Waals surface area contributed by atoms with Gasteiger partial charge in [-0.25, -0.2) is 8.42 Å². The Bertz CT molecular complexity index is 396. The van der Waals surface area contributed by atoms with Crippen molar-refractivity contribution in [1.82, 2.24) is 4.90 Å². The van der Waals surface area contributed by atoms with Gasteiger partial charge in [0, 0.05) is 25.9 Å². The van der Waals surface area contributed by atoms with Crippen molar-refractivity contribution in [3.63, 3.8) is 0 Å². The Balaban J connectivity index is 2.56. The van der Waals surface area contributed by atoms with Crippen molar-refractivity contribution in [3.8, 4) is 0 Å². The molecule has 1 unspecified atom stereocenters. The minimum Gasteiger partial charge on any atom is -0.364 e. The average molecular weight is 278 g/mol. The molecule has 18 heavy (non-hydrogen) atoms. The van der Waals surface area contributed by atoms with Crippen LogP contribution in [0.5, 0.6) is 0 Å². The monoisotopic (exact) mass is 278 g/mol. The summed E-state index contributed by atoms with van der Waals surface area (Å²) in [6, 6.07) is -0.354. The summed E-state index contributed by atoms with van der Waals surface area (Å²) < 4.78 is 27.9. The van der Waals surface area contributed by atoms with Crippen molar-refractivity contribution in [2.75, 3.05) is 25.6 Å². The van der Waals surface area contributed by atoms with Crippen molar-refractivity contribution in [1.29, 1.82) is 0 Å². The number of carbonyl (C=O) groups is 1. The lowest BCUT2D eigenvalue weighted by Gasteiger charge is -2.27. The first-order chi connectivity index (χ1) is 8.24. The van der Waals surface area contributed by atoms with Crippen LogP contribution >= 0.6 is 0 Å². The second kappa shape index (κ2) is 5.99. The molecule has 3 atom stereocenters. The minimum atomic E-state index is -3.10. The van der Waals surface area contributed by atoms with Crippen LogP contribution in [0.15, 0.2) is 0 Å². The molecule has 1 fully saturated rings. The SMILES string of the molecule is CC(CS(C)(=O)=O)N(C)C(=O)[C@@H]1CC[C@H](CN)O1. The quantitative estimate of drug-likeness (QED) is 0.724. The van der Waals surface area contributed by atoms with Crippen molar-refractivity contribution >= 4 is 15.7 Å². The predicted molar refractivity (Wildman–Crippen MR) is 68.9 cm³/mol. The van der Waals surface area contributed by atoms with Gasteiger partial charge in [-0.1, -0.05) is 0 Å². The van der Waals surface area contributed by atoms with E-state index in [9.17, 15) is 13.2 Å². The number of hydrogen-bond donors (Lipinski definition) is 1. The number of hydrogen-bond acceptors (Lipinski definition) is 5. The Kier molecular flexibility index (Phi) is 5.12. The van der Waals surface area contributed by atoms with Gasteiger partial charge in [0.15, 0.2) is 0 Å². The van der Waals surface area contributed by atoms with E-state index in [2.05, 4.69) is 0 Å². The van der Waals surface area contributed by atoms with Crippen molar-refractivity contribution < 1.29 is 17.9 Å². The Morgan fingerprint density at radius 3 is 2.56 bits per heavy atom. The second-order valence-electron chi connectivity index (χ2n) is 4.95. The molecule has 0 aliphatic carbocycles. The highest BCUT2D eigenvalue weighted by Gasteiger charge is 2.33. The summed E-state index contributed by atoms with van der Waals surface area (Å²) in [4.78, 5) is 13.5. The number of nitrogens with zero attached hydrogens (tertiary/aromatic N) is 1. The number of likely N-dealkylation sites (N-methyl/N-ethyl adjacent to an activating group) is 1.